The molecule has 1 aromatic carbocycles. The Morgan fingerprint density at radius 2 is 2.00 bits per heavy atom. The summed E-state index contributed by atoms with van der Waals surface area (Å²) in [6, 6.07) is 1.99. The number of aromatic nitrogens is 2. The van der Waals surface area contributed by atoms with Crippen LogP contribution in [-0.4, -0.2) is 9.55 Å². The van der Waals surface area contributed by atoms with E-state index < -0.39 is 11.6 Å². The van der Waals surface area contributed by atoms with E-state index in [1.54, 1.807) is 11.5 Å². The summed E-state index contributed by atoms with van der Waals surface area (Å²) >= 11 is 0. The zero-order chi connectivity index (χ0) is 11.9. The van der Waals surface area contributed by atoms with E-state index in [9.17, 15) is 8.78 Å². The van der Waals surface area contributed by atoms with Gasteiger partial charge in [0.15, 0.2) is 11.6 Å². The normalized spacial score (nSPS) is 13.3. The predicted octanol–water partition coefficient (Wildman–Crippen LogP) is 2.35. The van der Waals surface area contributed by atoms with Crippen LogP contribution in [0.4, 0.5) is 8.78 Å². The van der Waals surface area contributed by atoms with Gasteiger partial charge in [0.1, 0.15) is 5.82 Å². The van der Waals surface area contributed by atoms with Gasteiger partial charge in [-0.2, -0.15) is 0 Å². The molecule has 0 aliphatic carbocycles. The molecular formula is C11H13F2N3. The molecule has 0 radical (unpaired) electrons. The van der Waals surface area contributed by atoms with Crippen molar-refractivity contribution in [1.29, 1.82) is 0 Å². The van der Waals surface area contributed by atoms with Crippen LogP contribution in [0.25, 0.3) is 11.0 Å². The first-order valence-corrected chi connectivity index (χ1v) is 5.15. The topological polar surface area (TPSA) is 43.8 Å². The van der Waals surface area contributed by atoms with Gasteiger partial charge in [-0.3, -0.25) is 0 Å². The fourth-order valence-electron chi connectivity index (χ4n) is 1.82. The van der Waals surface area contributed by atoms with Crippen molar-refractivity contribution in [2.45, 2.75) is 26.4 Å². The Kier molecular flexibility index (Phi) is 2.63. The van der Waals surface area contributed by atoms with Gasteiger partial charge in [-0.1, -0.05) is 0 Å². The predicted molar refractivity (Wildman–Crippen MR) is 57.9 cm³/mol. The molecule has 1 aromatic heterocycles. The second-order valence-electron chi connectivity index (χ2n) is 3.76. The number of imidazole rings is 1. The van der Waals surface area contributed by atoms with Crippen LogP contribution in [0.5, 0.6) is 0 Å². The van der Waals surface area contributed by atoms with Crippen LogP contribution in [0.3, 0.4) is 0 Å². The highest BCUT2D eigenvalue weighted by atomic mass is 19.2. The molecule has 0 amide bonds. The van der Waals surface area contributed by atoms with Gasteiger partial charge >= 0.3 is 0 Å². The number of aryl methyl sites for hydroxylation is 1. The van der Waals surface area contributed by atoms with Gasteiger partial charge in [-0.15, -0.1) is 0 Å². The van der Waals surface area contributed by atoms with Gasteiger partial charge in [-0.25, -0.2) is 13.8 Å². The Morgan fingerprint density at radius 3 is 2.56 bits per heavy atom. The lowest BCUT2D eigenvalue weighted by atomic mass is 10.3. The average Bonchev–Trinajstić information content (AvgIpc) is 2.57. The number of rotatable bonds is 2. The van der Waals surface area contributed by atoms with Crippen LogP contribution in [0, 0.1) is 11.6 Å². The minimum absolute atomic E-state index is 0.265. The van der Waals surface area contributed by atoms with Crippen LogP contribution in [-0.2, 0) is 6.54 Å². The molecule has 0 spiro atoms. The fourth-order valence-corrected chi connectivity index (χ4v) is 1.82. The minimum Gasteiger partial charge on any atom is -0.327 e. The first kappa shape index (κ1) is 11.0. The number of halogens is 2. The molecule has 0 bridgehead atoms. The zero-order valence-electron chi connectivity index (χ0n) is 9.17. The number of hydrogen-bond donors (Lipinski definition) is 1. The van der Waals surface area contributed by atoms with Gasteiger partial charge < -0.3 is 10.3 Å². The Morgan fingerprint density at radius 1 is 1.38 bits per heavy atom. The molecule has 2 aromatic rings. The van der Waals surface area contributed by atoms with Crippen LogP contribution >= 0.6 is 0 Å². The van der Waals surface area contributed by atoms with Gasteiger partial charge in [0.05, 0.1) is 17.1 Å². The number of hydrogen-bond acceptors (Lipinski definition) is 2. The maximum atomic E-state index is 13.1. The smallest absolute Gasteiger partial charge is 0.161 e. The largest absolute Gasteiger partial charge is 0.327 e. The van der Waals surface area contributed by atoms with Gasteiger partial charge in [-0.05, 0) is 13.8 Å². The lowest BCUT2D eigenvalue weighted by Crippen LogP contribution is -2.12. The van der Waals surface area contributed by atoms with Crippen molar-refractivity contribution >= 4 is 11.0 Å². The summed E-state index contributed by atoms with van der Waals surface area (Å²) in [5, 5.41) is 0. The first-order chi connectivity index (χ1) is 7.54. The lowest BCUT2D eigenvalue weighted by molar-refractivity contribution is 0.510. The van der Waals surface area contributed by atoms with Crippen molar-refractivity contribution in [2.75, 3.05) is 0 Å². The second kappa shape index (κ2) is 3.83. The molecule has 5 heteroatoms. The van der Waals surface area contributed by atoms with E-state index >= 15 is 0 Å². The molecule has 2 N–H and O–H groups in total. The summed E-state index contributed by atoms with van der Waals surface area (Å²) < 4.78 is 28.0. The monoisotopic (exact) mass is 225 g/mol. The molecule has 0 unspecified atom stereocenters. The number of nitrogens with two attached hydrogens (primary N) is 1. The van der Waals surface area contributed by atoms with E-state index in [2.05, 4.69) is 4.98 Å². The van der Waals surface area contributed by atoms with Crippen LogP contribution < -0.4 is 5.73 Å². The minimum atomic E-state index is -0.885. The quantitative estimate of drug-likeness (QED) is 0.852. The standard InChI is InChI=1S/C11H13F2N3/c1-3-16-10-5-8(13)7(12)4-9(10)15-11(16)6(2)14/h4-6H,3,14H2,1-2H3/t6-/m1/s1. The number of fused-ring (bicyclic) bond motifs is 1. The molecule has 16 heavy (non-hydrogen) atoms. The van der Waals surface area contributed by atoms with E-state index in [1.165, 1.54) is 0 Å². The highest BCUT2D eigenvalue weighted by molar-refractivity contribution is 5.76. The van der Waals surface area contributed by atoms with Crippen molar-refractivity contribution in [1.82, 2.24) is 9.55 Å². The summed E-state index contributed by atoms with van der Waals surface area (Å²) in [5.41, 5.74) is 6.77. The SMILES string of the molecule is CCn1c([C@@H](C)N)nc2cc(F)c(F)cc21. The van der Waals surface area contributed by atoms with Crippen LogP contribution in [0.15, 0.2) is 12.1 Å². The molecule has 2 rings (SSSR count). The third-order valence-corrected chi connectivity index (χ3v) is 2.54. The van der Waals surface area contributed by atoms with Crippen molar-refractivity contribution in [2.24, 2.45) is 5.73 Å². The lowest BCUT2D eigenvalue weighted by Gasteiger charge is -2.08. The summed E-state index contributed by atoms with van der Waals surface area (Å²) in [6.07, 6.45) is 0. The molecule has 1 heterocycles. The van der Waals surface area contributed by atoms with Gasteiger partial charge in [0, 0.05) is 18.7 Å². The Balaban J connectivity index is 2.77. The van der Waals surface area contributed by atoms with Crippen LogP contribution in [0.1, 0.15) is 25.7 Å². The summed E-state index contributed by atoms with van der Waals surface area (Å²) in [4.78, 5) is 4.22. The molecule has 86 valence electrons. The molecule has 0 aliphatic heterocycles. The molecule has 1 atom stereocenters. The first-order valence-electron chi connectivity index (χ1n) is 5.15. The van der Waals surface area contributed by atoms with E-state index in [0.717, 1.165) is 12.1 Å². The Labute approximate surface area is 91.9 Å². The molecule has 0 fully saturated rings. The maximum Gasteiger partial charge on any atom is 0.161 e. The van der Waals surface area contributed by atoms with Gasteiger partial charge in [0.25, 0.3) is 0 Å². The van der Waals surface area contributed by atoms with E-state index in [4.69, 9.17) is 5.73 Å². The third kappa shape index (κ3) is 1.57. The fraction of sp³-hybridized carbons (Fsp3) is 0.364. The van der Waals surface area contributed by atoms with Crippen molar-refractivity contribution in [3.63, 3.8) is 0 Å². The van der Waals surface area contributed by atoms with Crippen LogP contribution in [0.2, 0.25) is 0 Å². The molecule has 3 nitrogen and oxygen atoms in total. The van der Waals surface area contributed by atoms with Gasteiger partial charge in [0.2, 0.25) is 0 Å². The zero-order valence-corrected chi connectivity index (χ0v) is 9.17. The highest BCUT2D eigenvalue weighted by Crippen LogP contribution is 2.22. The van der Waals surface area contributed by atoms with Crippen molar-refractivity contribution in [3.05, 3.63) is 29.6 Å². The number of nitrogens with zero attached hydrogens (tertiary/aromatic N) is 2. The maximum absolute atomic E-state index is 13.1. The Bertz CT molecular complexity index is 531. The third-order valence-electron chi connectivity index (χ3n) is 2.54. The number of benzene rings is 1. The average molecular weight is 225 g/mol. The molecular weight excluding hydrogens is 212 g/mol. The molecule has 0 saturated heterocycles. The second-order valence-corrected chi connectivity index (χ2v) is 3.76. The Hall–Kier alpha value is -1.49. The summed E-state index contributed by atoms with van der Waals surface area (Å²) in [7, 11) is 0. The van der Waals surface area contributed by atoms with Crippen molar-refractivity contribution in [3.8, 4) is 0 Å². The molecule has 0 aliphatic rings. The van der Waals surface area contributed by atoms with E-state index in [1.807, 2.05) is 6.92 Å². The summed E-state index contributed by atoms with van der Waals surface area (Å²) in [6.45, 7) is 4.33. The highest BCUT2D eigenvalue weighted by Gasteiger charge is 2.15. The van der Waals surface area contributed by atoms with E-state index in [0.29, 0.717) is 23.4 Å². The summed E-state index contributed by atoms with van der Waals surface area (Å²) in [5.74, 6) is -1.11. The molecule has 0 saturated carbocycles. The van der Waals surface area contributed by atoms with E-state index in [-0.39, 0.29) is 6.04 Å². The van der Waals surface area contributed by atoms with Crippen molar-refractivity contribution < 1.29 is 8.78 Å².